The van der Waals surface area contributed by atoms with Crippen molar-refractivity contribution in [1.29, 1.82) is 0 Å². The maximum atomic E-state index is 5.74. The Bertz CT molecular complexity index is 587. The zero-order valence-electron chi connectivity index (χ0n) is 12.3. The molecule has 0 bridgehead atoms. The molecule has 1 aromatic carbocycles. The van der Waals surface area contributed by atoms with Gasteiger partial charge in [0.05, 0.1) is 0 Å². The van der Waals surface area contributed by atoms with Crippen LogP contribution in [0.2, 0.25) is 0 Å². The molecule has 100 valence electrons. The molecule has 1 aromatic heterocycles. The number of aromatic nitrogens is 2. The molecular formula is C16H21N3. The van der Waals surface area contributed by atoms with Gasteiger partial charge in [0, 0.05) is 11.8 Å². The van der Waals surface area contributed by atoms with Gasteiger partial charge in [-0.2, -0.15) is 0 Å². The number of rotatable bonds is 1. The van der Waals surface area contributed by atoms with Gasteiger partial charge in [0.1, 0.15) is 5.82 Å². The molecule has 0 amide bonds. The normalized spacial score (nSPS) is 11.6. The Kier molecular flexibility index (Phi) is 3.31. The van der Waals surface area contributed by atoms with Crippen molar-refractivity contribution in [3.8, 4) is 11.4 Å². The zero-order chi connectivity index (χ0) is 14.2. The van der Waals surface area contributed by atoms with E-state index in [0.717, 1.165) is 5.56 Å². The van der Waals surface area contributed by atoms with E-state index in [9.17, 15) is 0 Å². The number of nitrogens with two attached hydrogens (primary N) is 1. The number of aryl methyl sites for hydroxylation is 2. The lowest BCUT2D eigenvalue weighted by Gasteiger charge is -2.22. The summed E-state index contributed by atoms with van der Waals surface area (Å²) in [5, 5.41) is 0. The van der Waals surface area contributed by atoms with Gasteiger partial charge >= 0.3 is 0 Å². The number of nitrogen functional groups attached to an aromatic ring is 1. The third-order valence-electron chi connectivity index (χ3n) is 3.30. The van der Waals surface area contributed by atoms with E-state index in [1.807, 2.05) is 0 Å². The van der Waals surface area contributed by atoms with E-state index in [-0.39, 0.29) is 5.41 Å². The van der Waals surface area contributed by atoms with Gasteiger partial charge in [-0.15, -0.1) is 0 Å². The fraction of sp³-hybridized carbons (Fsp3) is 0.375. The molecule has 2 aromatic rings. The molecule has 0 saturated heterocycles. The molecule has 2 rings (SSSR count). The minimum absolute atomic E-state index is 0.143. The van der Waals surface area contributed by atoms with Gasteiger partial charge in [0.2, 0.25) is 0 Å². The number of anilines is 1. The molecule has 0 fully saturated rings. The van der Waals surface area contributed by atoms with E-state index in [2.05, 4.69) is 56.7 Å². The smallest absolute Gasteiger partial charge is 0.162 e. The fourth-order valence-electron chi connectivity index (χ4n) is 2.24. The molecule has 0 aliphatic heterocycles. The lowest BCUT2D eigenvalue weighted by Crippen LogP contribution is -2.12. The van der Waals surface area contributed by atoms with Crippen molar-refractivity contribution in [1.82, 2.24) is 9.97 Å². The van der Waals surface area contributed by atoms with Crippen LogP contribution in [0.3, 0.4) is 0 Å². The lowest BCUT2D eigenvalue weighted by atomic mass is 9.83. The van der Waals surface area contributed by atoms with Gasteiger partial charge in [-0.1, -0.05) is 32.9 Å². The number of nitrogens with zero attached hydrogens (tertiary/aromatic N) is 2. The average Bonchev–Trinajstić information content (AvgIpc) is 2.26. The lowest BCUT2D eigenvalue weighted by molar-refractivity contribution is 0.589. The van der Waals surface area contributed by atoms with Crippen molar-refractivity contribution >= 4 is 5.82 Å². The van der Waals surface area contributed by atoms with Crippen molar-refractivity contribution < 1.29 is 0 Å². The average molecular weight is 255 g/mol. The molecule has 0 unspecified atom stereocenters. The van der Waals surface area contributed by atoms with E-state index in [1.165, 1.54) is 16.7 Å². The van der Waals surface area contributed by atoms with Crippen LogP contribution in [0, 0.1) is 13.8 Å². The predicted molar refractivity (Wildman–Crippen MR) is 80.1 cm³/mol. The number of benzene rings is 1. The molecule has 0 atom stereocenters. The molecule has 3 heteroatoms. The van der Waals surface area contributed by atoms with Crippen LogP contribution in [0.4, 0.5) is 5.82 Å². The van der Waals surface area contributed by atoms with Crippen LogP contribution in [0.25, 0.3) is 11.4 Å². The molecule has 0 radical (unpaired) electrons. The van der Waals surface area contributed by atoms with Gasteiger partial charge in [-0.25, -0.2) is 9.97 Å². The van der Waals surface area contributed by atoms with Crippen LogP contribution in [0.15, 0.2) is 24.4 Å². The summed E-state index contributed by atoms with van der Waals surface area (Å²) in [5.74, 6) is 1.21. The second-order valence-corrected chi connectivity index (χ2v) is 6.04. The summed E-state index contributed by atoms with van der Waals surface area (Å²) in [4.78, 5) is 8.66. The Balaban J connectivity index is 2.60. The first-order chi connectivity index (χ1) is 8.79. The van der Waals surface area contributed by atoms with Gasteiger partial charge in [-0.3, -0.25) is 0 Å². The van der Waals surface area contributed by atoms with Crippen LogP contribution in [0.5, 0.6) is 0 Å². The Morgan fingerprint density at radius 3 is 2.11 bits per heavy atom. The summed E-state index contributed by atoms with van der Waals surface area (Å²) >= 11 is 0. The van der Waals surface area contributed by atoms with Crippen LogP contribution < -0.4 is 5.73 Å². The topological polar surface area (TPSA) is 51.8 Å². The van der Waals surface area contributed by atoms with Crippen LogP contribution in [-0.2, 0) is 5.41 Å². The van der Waals surface area contributed by atoms with E-state index < -0.39 is 0 Å². The van der Waals surface area contributed by atoms with Crippen molar-refractivity contribution in [2.24, 2.45) is 0 Å². The Morgan fingerprint density at radius 1 is 1.05 bits per heavy atom. The summed E-state index contributed by atoms with van der Waals surface area (Å²) < 4.78 is 0. The van der Waals surface area contributed by atoms with Gasteiger partial charge in [0.25, 0.3) is 0 Å². The molecule has 3 nitrogen and oxygen atoms in total. The molecule has 19 heavy (non-hydrogen) atoms. The highest BCUT2D eigenvalue weighted by Crippen LogP contribution is 2.31. The molecule has 1 heterocycles. The molecule has 0 aliphatic rings. The van der Waals surface area contributed by atoms with Gasteiger partial charge in [0.15, 0.2) is 5.82 Å². The standard InChI is InChI=1S/C16H21N3/c1-10-8-12(16(3,4)5)9-11(2)14(10)15-18-7-6-13(17)19-15/h6-9H,1-5H3,(H2,17,18,19). The van der Waals surface area contributed by atoms with Crippen LogP contribution in [0.1, 0.15) is 37.5 Å². The number of hydrogen-bond donors (Lipinski definition) is 1. The summed E-state index contributed by atoms with van der Waals surface area (Å²) in [6, 6.07) is 6.14. The van der Waals surface area contributed by atoms with E-state index in [4.69, 9.17) is 5.73 Å². The molecule has 0 aliphatic carbocycles. The number of hydrogen-bond acceptors (Lipinski definition) is 3. The Hall–Kier alpha value is -1.90. The third-order valence-corrected chi connectivity index (χ3v) is 3.30. The van der Waals surface area contributed by atoms with Crippen molar-refractivity contribution in [3.63, 3.8) is 0 Å². The van der Waals surface area contributed by atoms with E-state index in [0.29, 0.717) is 11.6 Å². The van der Waals surface area contributed by atoms with Crippen molar-refractivity contribution in [3.05, 3.63) is 41.1 Å². The first kappa shape index (κ1) is 13.5. The van der Waals surface area contributed by atoms with Crippen molar-refractivity contribution in [2.75, 3.05) is 5.73 Å². The summed E-state index contributed by atoms with van der Waals surface area (Å²) in [7, 11) is 0. The highest BCUT2D eigenvalue weighted by atomic mass is 14.9. The van der Waals surface area contributed by atoms with E-state index >= 15 is 0 Å². The first-order valence-electron chi connectivity index (χ1n) is 6.49. The Morgan fingerprint density at radius 2 is 1.63 bits per heavy atom. The van der Waals surface area contributed by atoms with E-state index in [1.54, 1.807) is 12.3 Å². The Labute approximate surface area is 114 Å². The second kappa shape index (κ2) is 4.65. The first-order valence-corrected chi connectivity index (χ1v) is 6.49. The van der Waals surface area contributed by atoms with Crippen molar-refractivity contribution in [2.45, 2.75) is 40.0 Å². The SMILES string of the molecule is Cc1cc(C(C)(C)C)cc(C)c1-c1nccc(N)n1. The zero-order valence-corrected chi connectivity index (χ0v) is 12.3. The molecule has 0 saturated carbocycles. The molecule has 2 N–H and O–H groups in total. The van der Waals surface area contributed by atoms with Gasteiger partial charge < -0.3 is 5.73 Å². The summed E-state index contributed by atoms with van der Waals surface area (Å²) in [5.41, 5.74) is 10.7. The maximum absolute atomic E-state index is 5.74. The highest BCUT2D eigenvalue weighted by Gasteiger charge is 2.17. The molecular weight excluding hydrogens is 234 g/mol. The maximum Gasteiger partial charge on any atom is 0.162 e. The minimum Gasteiger partial charge on any atom is -0.384 e. The van der Waals surface area contributed by atoms with Gasteiger partial charge in [-0.05, 0) is 42.0 Å². The molecule has 0 spiro atoms. The third kappa shape index (κ3) is 2.75. The summed E-state index contributed by atoms with van der Waals surface area (Å²) in [6.07, 6.45) is 1.70. The monoisotopic (exact) mass is 255 g/mol. The fourth-order valence-corrected chi connectivity index (χ4v) is 2.24. The second-order valence-electron chi connectivity index (χ2n) is 6.04. The quantitative estimate of drug-likeness (QED) is 0.846. The minimum atomic E-state index is 0.143. The predicted octanol–water partition coefficient (Wildman–Crippen LogP) is 3.64. The highest BCUT2D eigenvalue weighted by molar-refractivity contribution is 5.66. The van der Waals surface area contributed by atoms with Crippen LogP contribution >= 0.6 is 0 Å². The van der Waals surface area contributed by atoms with Crippen LogP contribution in [-0.4, -0.2) is 9.97 Å². The summed E-state index contributed by atoms with van der Waals surface area (Å²) in [6.45, 7) is 10.9. The largest absolute Gasteiger partial charge is 0.384 e.